The molecule has 0 aliphatic heterocycles. The number of hydrogen-bond acceptors (Lipinski definition) is 4. The van der Waals surface area contributed by atoms with E-state index in [9.17, 15) is 4.79 Å². The molecule has 1 saturated carbocycles. The Bertz CT molecular complexity index is 318. The molecule has 0 aromatic rings. The fraction of sp³-hybridized carbons (Fsp3) is 0.941. The van der Waals surface area contributed by atoms with Crippen LogP contribution in [0.2, 0.25) is 0 Å². The first-order valence-electron chi connectivity index (χ1n) is 8.63. The Hall–Kier alpha value is -0.610. The van der Waals surface area contributed by atoms with Gasteiger partial charge >= 0.3 is 5.97 Å². The summed E-state index contributed by atoms with van der Waals surface area (Å²) >= 11 is 0. The minimum absolute atomic E-state index is 0.126. The number of esters is 1. The summed E-state index contributed by atoms with van der Waals surface area (Å²) in [4.78, 5) is 14.8. The van der Waals surface area contributed by atoms with Gasteiger partial charge in [-0.3, -0.25) is 4.79 Å². The number of carbonyl (C=O) groups is 1. The lowest BCUT2D eigenvalue weighted by Gasteiger charge is -2.39. The standard InChI is InChI=1S/C17H34N2O2/c1-6-18-17(5,16(20)21-8-3)12-14(4)19(7-2)13-15-10-9-11-15/h14-15,18H,6-13H2,1-5H3. The molecule has 0 radical (unpaired) electrons. The molecule has 0 saturated heterocycles. The Balaban J connectivity index is 2.63. The molecular weight excluding hydrogens is 264 g/mol. The lowest BCUT2D eigenvalue weighted by molar-refractivity contribution is -0.151. The molecule has 4 nitrogen and oxygen atoms in total. The highest BCUT2D eigenvalue weighted by Gasteiger charge is 2.37. The summed E-state index contributed by atoms with van der Waals surface area (Å²) in [5.74, 6) is 0.735. The van der Waals surface area contributed by atoms with Gasteiger partial charge in [-0.05, 0) is 59.0 Å². The average molecular weight is 298 g/mol. The highest BCUT2D eigenvalue weighted by Crippen LogP contribution is 2.28. The van der Waals surface area contributed by atoms with Crippen molar-refractivity contribution in [3.05, 3.63) is 0 Å². The fourth-order valence-electron chi connectivity index (χ4n) is 3.26. The number of ether oxygens (including phenoxy) is 1. The number of likely N-dealkylation sites (N-methyl/N-ethyl adjacent to an activating group) is 1. The predicted molar refractivity (Wildman–Crippen MR) is 87.4 cm³/mol. The molecule has 21 heavy (non-hydrogen) atoms. The minimum Gasteiger partial charge on any atom is -0.465 e. The second kappa shape index (κ2) is 8.74. The molecule has 1 fully saturated rings. The van der Waals surface area contributed by atoms with Gasteiger partial charge in [-0.2, -0.15) is 0 Å². The zero-order chi connectivity index (χ0) is 15.9. The maximum atomic E-state index is 12.3. The molecular formula is C17H34N2O2. The summed E-state index contributed by atoms with van der Waals surface area (Å²) in [6, 6.07) is 0.379. The molecule has 0 amide bonds. The van der Waals surface area contributed by atoms with Gasteiger partial charge in [-0.15, -0.1) is 0 Å². The third kappa shape index (κ3) is 5.26. The van der Waals surface area contributed by atoms with Crippen LogP contribution in [0.25, 0.3) is 0 Å². The molecule has 0 heterocycles. The first-order valence-corrected chi connectivity index (χ1v) is 8.63. The van der Waals surface area contributed by atoms with Crippen molar-refractivity contribution < 1.29 is 9.53 Å². The van der Waals surface area contributed by atoms with Crippen LogP contribution in [-0.2, 0) is 9.53 Å². The first-order chi connectivity index (χ1) is 9.96. The van der Waals surface area contributed by atoms with Crippen molar-refractivity contribution in [3.8, 4) is 0 Å². The predicted octanol–water partition coefficient (Wildman–Crippen LogP) is 2.82. The molecule has 0 aromatic carbocycles. The molecule has 2 unspecified atom stereocenters. The lowest BCUT2D eigenvalue weighted by Crippen LogP contribution is -2.54. The molecule has 1 aliphatic rings. The van der Waals surface area contributed by atoms with Crippen LogP contribution in [0, 0.1) is 5.92 Å². The zero-order valence-electron chi connectivity index (χ0n) is 14.6. The summed E-state index contributed by atoms with van der Waals surface area (Å²) in [6.45, 7) is 13.7. The Morgan fingerprint density at radius 2 is 2.05 bits per heavy atom. The second-order valence-corrected chi connectivity index (χ2v) is 6.52. The van der Waals surface area contributed by atoms with E-state index in [1.807, 2.05) is 20.8 Å². The second-order valence-electron chi connectivity index (χ2n) is 6.52. The van der Waals surface area contributed by atoms with E-state index < -0.39 is 5.54 Å². The third-order valence-corrected chi connectivity index (χ3v) is 4.74. The van der Waals surface area contributed by atoms with E-state index >= 15 is 0 Å². The summed E-state index contributed by atoms with van der Waals surface area (Å²) in [7, 11) is 0. The van der Waals surface area contributed by atoms with Crippen LogP contribution in [0.15, 0.2) is 0 Å². The van der Waals surface area contributed by atoms with Crippen LogP contribution < -0.4 is 5.32 Å². The van der Waals surface area contributed by atoms with E-state index in [2.05, 4.69) is 24.1 Å². The van der Waals surface area contributed by atoms with Crippen molar-refractivity contribution in [3.63, 3.8) is 0 Å². The Morgan fingerprint density at radius 3 is 2.48 bits per heavy atom. The van der Waals surface area contributed by atoms with Gasteiger partial charge in [0.05, 0.1) is 6.61 Å². The van der Waals surface area contributed by atoms with Gasteiger partial charge in [-0.1, -0.05) is 20.3 Å². The van der Waals surface area contributed by atoms with Crippen LogP contribution in [0.5, 0.6) is 0 Å². The summed E-state index contributed by atoms with van der Waals surface area (Å²) in [5, 5.41) is 3.33. The van der Waals surface area contributed by atoms with Gasteiger partial charge in [0.1, 0.15) is 5.54 Å². The highest BCUT2D eigenvalue weighted by molar-refractivity contribution is 5.80. The molecule has 1 N–H and O–H groups in total. The van der Waals surface area contributed by atoms with Gasteiger partial charge in [0.2, 0.25) is 0 Å². The SMILES string of the molecule is CCNC(C)(CC(C)N(CC)CC1CCC1)C(=O)OCC. The summed E-state index contributed by atoms with van der Waals surface area (Å²) in [5.41, 5.74) is -0.586. The van der Waals surface area contributed by atoms with Crippen LogP contribution >= 0.6 is 0 Å². The van der Waals surface area contributed by atoms with E-state index in [1.165, 1.54) is 25.8 Å². The molecule has 0 bridgehead atoms. The van der Waals surface area contributed by atoms with Crippen LogP contribution in [0.3, 0.4) is 0 Å². The lowest BCUT2D eigenvalue weighted by atomic mass is 9.84. The molecule has 1 rings (SSSR count). The molecule has 4 heteroatoms. The van der Waals surface area contributed by atoms with E-state index in [0.29, 0.717) is 12.6 Å². The molecule has 124 valence electrons. The Morgan fingerprint density at radius 1 is 1.38 bits per heavy atom. The van der Waals surface area contributed by atoms with Crippen molar-refractivity contribution in [2.45, 2.75) is 71.9 Å². The van der Waals surface area contributed by atoms with Gasteiger partial charge in [-0.25, -0.2) is 0 Å². The van der Waals surface area contributed by atoms with E-state index in [0.717, 1.165) is 25.4 Å². The number of hydrogen-bond donors (Lipinski definition) is 1. The Labute approximate surface area is 130 Å². The molecule has 2 atom stereocenters. The molecule has 1 aliphatic carbocycles. The van der Waals surface area contributed by atoms with Gasteiger partial charge in [0.15, 0.2) is 0 Å². The number of nitrogens with one attached hydrogen (secondary N) is 1. The topological polar surface area (TPSA) is 41.6 Å². The van der Waals surface area contributed by atoms with Crippen molar-refractivity contribution in [1.29, 1.82) is 0 Å². The van der Waals surface area contributed by atoms with Gasteiger partial charge in [0, 0.05) is 12.6 Å². The van der Waals surface area contributed by atoms with Crippen molar-refractivity contribution in [2.75, 3.05) is 26.2 Å². The van der Waals surface area contributed by atoms with E-state index in [4.69, 9.17) is 4.74 Å². The van der Waals surface area contributed by atoms with E-state index in [1.54, 1.807) is 0 Å². The van der Waals surface area contributed by atoms with Gasteiger partial charge < -0.3 is 15.0 Å². The van der Waals surface area contributed by atoms with Crippen molar-refractivity contribution in [1.82, 2.24) is 10.2 Å². The van der Waals surface area contributed by atoms with Crippen LogP contribution in [0.1, 0.15) is 60.3 Å². The molecule has 0 aromatic heterocycles. The van der Waals surface area contributed by atoms with Crippen molar-refractivity contribution in [2.24, 2.45) is 5.92 Å². The minimum atomic E-state index is -0.586. The third-order valence-electron chi connectivity index (χ3n) is 4.74. The summed E-state index contributed by atoms with van der Waals surface area (Å²) < 4.78 is 5.27. The quantitative estimate of drug-likeness (QED) is 0.630. The number of nitrogens with zero attached hydrogens (tertiary/aromatic N) is 1. The normalized spacial score (nSPS) is 19.9. The average Bonchev–Trinajstić information content (AvgIpc) is 2.38. The van der Waals surface area contributed by atoms with Gasteiger partial charge in [0.25, 0.3) is 0 Å². The van der Waals surface area contributed by atoms with Crippen LogP contribution in [-0.4, -0.2) is 48.7 Å². The Kier molecular flexibility index (Phi) is 7.67. The maximum absolute atomic E-state index is 12.3. The first kappa shape index (κ1) is 18.4. The van der Waals surface area contributed by atoms with E-state index in [-0.39, 0.29) is 5.97 Å². The number of rotatable bonds is 10. The van der Waals surface area contributed by atoms with Crippen LogP contribution in [0.4, 0.5) is 0 Å². The highest BCUT2D eigenvalue weighted by atomic mass is 16.5. The summed E-state index contributed by atoms with van der Waals surface area (Å²) in [6.07, 6.45) is 4.91. The smallest absolute Gasteiger partial charge is 0.326 e. The number of carbonyl (C=O) groups excluding carboxylic acids is 1. The monoisotopic (exact) mass is 298 g/mol. The zero-order valence-corrected chi connectivity index (χ0v) is 14.6. The maximum Gasteiger partial charge on any atom is 0.326 e. The largest absolute Gasteiger partial charge is 0.465 e. The molecule has 0 spiro atoms. The van der Waals surface area contributed by atoms with Crippen molar-refractivity contribution >= 4 is 5.97 Å². The fourth-order valence-corrected chi connectivity index (χ4v) is 3.26.